The molecule has 1 aromatic rings. The maximum atomic E-state index is 13.2. The van der Waals surface area contributed by atoms with E-state index in [1.165, 1.54) is 4.90 Å². The number of hydrogen-bond acceptors (Lipinski definition) is 5. The zero-order valence-electron chi connectivity index (χ0n) is 18.0. The largest absolute Gasteiger partial charge is 0.481 e. The van der Waals surface area contributed by atoms with Gasteiger partial charge in [0.2, 0.25) is 11.8 Å². The molecule has 0 bridgehead atoms. The summed E-state index contributed by atoms with van der Waals surface area (Å²) in [6.45, 7) is 5.86. The first kappa shape index (κ1) is 24.0. The second-order valence-electron chi connectivity index (χ2n) is 8.10. The van der Waals surface area contributed by atoms with E-state index in [9.17, 15) is 24.0 Å². The number of likely N-dealkylation sites (tertiary alicyclic amines) is 1. The maximum Gasteiger partial charge on any atom is 0.305 e. The molecule has 2 rings (SSSR count). The van der Waals surface area contributed by atoms with Gasteiger partial charge in [-0.2, -0.15) is 0 Å². The Bertz CT molecular complexity index is 836. The van der Waals surface area contributed by atoms with Crippen LogP contribution >= 0.6 is 0 Å². The highest BCUT2D eigenvalue weighted by Crippen LogP contribution is 2.21. The summed E-state index contributed by atoms with van der Waals surface area (Å²) in [5.41, 5.74) is 1.44. The van der Waals surface area contributed by atoms with Crippen molar-refractivity contribution in [2.45, 2.75) is 58.2 Å². The van der Waals surface area contributed by atoms with Crippen LogP contribution in [0.25, 0.3) is 0 Å². The Labute approximate surface area is 181 Å². The van der Waals surface area contributed by atoms with Crippen LogP contribution in [-0.2, 0) is 19.2 Å². The van der Waals surface area contributed by atoms with Gasteiger partial charge in [-0.1, -0.05) is 31.5 Å². The molecule has 9 heteroatoms. The number of aryl methyl sites for hydroxylation is 1. The number of carboxylic acid groups (broad SMARTS) is 1. The average Bonchev–Trinajstić information content (AvgIpc) is 3.20. The first-order valence-corrected chi connectivity index (χ1v) is 10.3. The van der Waals surface area contributed by atoms with E-state index in [0.717, 1.165) is 5.56 Å². The normalized spacial score (nSPS) is 17.7. The van der Waals surface area contributed by atoms with Crippen LogP contribution in [0.1, 0.15) is 49.0 Å². The minimum atomic E-state index is -1.21. The van der Waals surface area contributed by atoms with Crippen LogP contribution < -0.4 is 10.6 Å². The average molecular weight is 431 g/mol. The number of carbonyl (C=O) groups excluding carboxylic acids is 4. The summed E-state index contributed by atoms with van der Waals surface area (Å²) in [5, 5.41) is 14.0. The van der Waals surface area contributed by atoms with Crippen molar-refractivity contribution in [3.8, 4) is 0 Å². The van der Waals surface area contributed by atoms with Crippen LogP contribution in [0.2, 0.25) is 0 Å². The number of hydrogen-bond donors (Lipinski definition) is 3. The number of carbonyl (C=O) groups is 5. The van der Waals surface area contributed by atoms with E-state index >= 15 is 0 Å². The van der Waals surface area contributed by atoms with Crippen molar-refractivity contribution in [2.75, 3.05) is 6.54 Å². The number of nitrogens with zero attached hydrogens (tertiary/aromatic N) is 1. The number of amides is 3. The quantitative estimate of drug-likeness (QED) is 0.498. The van der Waals surface area contributed by atoms with Gasteiger partial charge in [0.15, 0.2) is 0 Å². The highest BCUT2D eigenvalue weighted by Gasteiger charge is 2.39. The molecular formula is C22H29N3O6. The molecular weight excluding hydrogens is 402 g/mol. The van der Waals surface area contributed by atoms with Gasteiger partial charge >= 0.3 is 5.97 Å². The molecule has 1 aromatic carbocycles. The molecule has 31 heavy (non-hydrogen) atoms. The van der Waals surface area contributed by atoms with Crippen molar-refractivity contribution in [2.24, 2.45) is 5.92 Å². The van der Waals surface area contributed by atoms with Crippen LogP contribution in [0.4, 0.5) is 0 Å². The van der Waals surface area contributed by atoms with Gasteiger partial charge in [0.1, 0.15) is 18.4 Å². The predicted octanol–water partition coefficient (Wildman–Crippen LogP) is 0.899. The Hall–Kier alpha value is -3.23. The molecule has 0 saturated carbocycles. The summed E-state index contributed by atoms with van der Waals surface area (Å²) in [6, 6.07) is 4.17. The standard InChI is InChI=1S/C22H29N3O6/c1-13(2)19(24-20(29)15-8-6-14(3)7-9-15)22(31)25-10-4-5-17(25)21(30)23-16(12-26)11-18(27)28/h6-9,12-13,16-17,19H,4-5,10-11H2,1-3H3,(H,23,30)(H,24,29)(H,27,28)/t16-,17?,19-/m0/s1. The molecule has 1 unspecified atom stereocenters. The van der Waals surface area contributed by atoms with E-state index < -0.39 is 36.4 Å². The summed E-state index contributed by atoms with van der Waals surface area (Å²) >= 11 is 0. The Morgan fingerprint density at radius 1 is 1.16 bits per heavy atom. The van der Waals surface area contributed by atoms with E-state index in [-0.39, 0.29) is 17.7 Å². The number of rotatable bonds is 9. The lowest BCUT2D eigenvalue weighted by Gasteiger charge is -2.31. The van der Waals surface area contributed by atoms with Gasteiger partial charge in [-0.05, 0) is 37.8 Å². The lowest BCUT2D eigenvalue weighted by atomic mass is 10.0. The predicted molar refractivity (Wildman–Crippen MR) is 112 cm³/mol. The topological polar surface area (TPSA) is 133 Å². The molecule has 0 radical (unpaired) electrons. The summed E-state index contributed by atoms with van der Waals surface area (Å²) in [6.07, 6.45) is 0.821. The molecule has 0 aromatic heterocycles. The van der Waals surface area contributed by atoms with Crippen molar-refractivity contribution in [1.82, 2.24) is 15.5 Å². The third-order valence-corrected chi connectivity index (χ3v) is 5.26. The fourth-order valence-electron chi connectivity index (χ4n) is 3.52. The van der Waals surface area contributed by atoms with Crippen molar-refractivity contribution < 1.29 is 29.1 Å². The van der Waals surface area contributed by atoms with E-state index in [1.807, 2.05) is 19.1 Å². The van der Waals surface area contributed by atoms with Gasteiger partial charge in [-0.3, -0.25) is 19.2 Å². The monoisotopic (exact) mass is 431 g/mol. The van der Waals surface area contributed by atoms with Crippen LogP contribution in [-0.4, -0.2) is 64.7 Å². The summed E-state index contributed by atoms with van der Waals surface area (Å²) < 4.78 is 0. The number of aliphatic carboxylic acids is 1. The molecule has 1 heterocycles. The van der Waals surface area contributed by atoms with Gasteiger partial charge in [-0.15, -0.1) is 0 Å². The molecule has 0 aliphatic carbocycles. The van der Waals surface area contributed by atoms with Crippen LogP contribution in [0.5, 0.6) is 0 Å². The lowest BCUT2D eigenvalue weighted by Crippen LogP contribution is -2.56. The summed E-state index contributed by atoms with van der Waals surface area (Å²) in [5.74, 6) is -2.77. The molecule has 1 aliphatic heterocycles. The first-order chi connectivity index (χ1) is 14.6. The molecule has 9 nitrogen and oxygen atoms in total. The first-order valence-electron chi connectivity index (χ1n) is 10.3. The minimum Gasteiger partial charge on any atom is -0.481 e. The number of nitrogens with one attached hydrogen (secondary N) is 2. The lowest BCUT2D eigenvalue weighted by molar-refractivity contribution is -0.142. The summed E-state index contributed by atoms with van der Waals surface area (Å²) in [7, 11) is 0. The molecule has 1 fully saturated rings. The Morgan fingerprint density at radius 3 is 2.35 bits per heavy atom. The Morgan fingerprint density at radius 2 is 1.81 bits per heavy atom. The van der Waals surface area contributed by atoms with Crippen molar-refractivity contribution in [3.63, 3.8) is 0 Å². The van der Waals surface area contributed by atoms with Gasteiger partial charge in [-0.25, -0.2) is 0 Å². The second kappa shape index (κ2) is 10.7. The molecule has 1 saturated heterocycles. The highest BCUT2D eigenvalue weighted by molar-refractivity contribution is 5.98. The smallest absolute Gasteiger partial charge is 0.305 e. The van der Waals surface area contributed by atoms with E-state index in [4.69, 9.17) is 5.11 Å². The summed E-state index contributed by atoms with van der Waals surface area (Å²) in [4.78, 5) is 61.8. The zero-order valence-corrected chi connectivity index (χ0v) is 18.0. The molecule has 3 N–H and O–H groups in total. The van der Waals surface area contributed by atoms with Gasteiger partial charge in [0.05, 0.1) is 12.5 Å². The molecule has 168 valence electrons. The number of benzene rings is 1. The fourth-order valence-corrected chi connectivity index (χ4v) is 3.52. The Balaban J connectivity index is 2.11. The third kappa shape index (κ3) is 6.37. The van der Waals surface area contributed by atoms with Crippen molar-refractivity contribution >= 4 is 30.0 Å². The van der Waals surface area contributed by atoms with Gasteiger partial charge in [0.25, 0.3) is 5.91 Å². The molecule has 1 aliphatic rings. The van der Waals surface area contributed by atoms with Crippen LogP contribution in [0.15, 0.2) is 24.3 Å². The fraction of sp³-hybridized carbons (Fsp3) is 0.500. The minimum absolute atomic E-state index is 0.221. The number of aldehydes is 1. The molecule has 3 amide bonds. The number of carboxylic acids is 1. The van der Waals surface area contributed by atoms with Gasteiger partial charge < -0.3 is 25.4 Å². The van der Waals surface area contributed by atoms with Crippen molar-refractivity contribution in [1.29, 1.82) is 0 Å². The van der Waals surface area contributed by atoms with E-state index in [1.54, 1.807) is 26.0 Å². The molecule has 3 atom stereocenters. The SMILES string of the molecule is Cc1ccc(C(=O)N[C@H](C(=O)N2CCCC2C(=O)N[C@H](C=O)CC(=O)O)C(C)C)cc1. The second-order valence-corrected chi connectivity index (χ2v) is 8.10. The molecule has 0 spiro atoms. The maximum absolute atomic E-state index is 13.2. The van der Waals surface area contributed by atoms with E-state index in [0.29, 0.717) is 31.2 Å². The van der Waals surface area contributed by atoms with Gasteiger partial charge in [0, 0.05) is 12.1 Å². The Kier molecular flexibility index (Phi) is 8.30. The van der Waals surface area contributed by atoms with Crippen molar-refractivity contribution in [3.05, 3.63) is 35.4 Å². The van der Waals surface area contributed by atoms with E-state index in [2.05, 4.69) is 10.6 Å². The highest BCUT2D eigenvalue weighted by atomic mass is 16.4. The van der Waals surface area contributed by atoms with Crippen LogP contribution in [0, 0.1) is 12.8 Å². The zero-order chi connectivity index (χ0) is 23.1. The third-order valence-electron chi connectivity index (χ3n) is 5.26. The van der Waals surface area contributed by atoms with Crippen LogP contribution in [0.3, 0.4) is 0 Å².